The Morgan fingerprint density at radius 1 is 0.944 bits per heavy atom. The lowest BCUT2D eigenvalue weighted by Crippen LogP contribution is -2.48. The van der Waals surface area contributed by atoms with Crippen LogP contribution in [0, 0.1) is 11.7 Å². The van der Waals surface area contributed by atoms with E-state index in [1.165, 1.54) is 36.4 Å². The average molecular weight is 540 g/mol. The SMILES string of the molecule is C[C@@H]1CN(CC2CCN(c3c(F)cccc3NS(=O)(=O)c3ccc(S(C)(=O)=O)cc3)CC2)C[C@H](C)O1. The summed E-state index contributed by atoms with van der Waals surface area (Å²) in [6.45, 7) is 8.23. The lowest BCUT2D eigenvalue weighted by Gasteiger charge is -2.40. The second kappa shape index (κ2) is 10.6. The highest BCUT2D eigenvalue weighted by Gasteiger charge is 2.29. The van der Waals surface area contributed by atoms with Gasteiger partial charge in [0.15, 0.2) is 9.84 Å². The molecule has 2 aliphatic heterocycles. The van der Waals surface area contributed by atoms with Crippen molar-refractivity contribution in [2.75, 3.05) is 48.6 Å². The van der Waals surface area contributed by atoms with Crippen LogP contribution in [0.15, 0.2) is 52.3 Å². The predicted molar refractivity (Wildman–Crippen MR) is 138 cm³/mol. The normalized spacial score (nSPS) is 22.5. The van der Waals surface area contributed by atoms with E-state index in [0.717, 1.165) is 38.7 Å². The fraction of sp³-hybridized carbons (Fsp3) is 0.520. The van der Waals surface area contributed by atoms with Crippen LogP contribution in [0.25, 0.3) is 0 Å². The molecule has 0 spiro atoms. The van der Waals surface area contributed by atoms with Gasteiger partial charge in [0.25, 0.3) is 10.0 Å². The number of ether oxygens (including phenoxy) is 1. The first-order valence-electron chi connectivity index (χ1n) is 12.2. The molecule has 2 fully saturated rings. The number of sulfone groups is 1. The summed E-state index contributed by atoms with van der Waals surface area (Å²) in [5.74, 6) is -0.00377. The third-order valence-electron chi connectivity index (χ3n) is 6.74. The summed E-state index contributed by atoms with van der Waals surface area (Å²) >= 11 is 0. The van der Waals surface area contributed by atoms with Crippen molar-refractivity contribution >= 4 is 31.2 Å². The van der Waals surface area contributed by atoms with Crippen LogP contribution in [-0.2, 0) is 24.6 Å². The van der Waals surface area contributed by atoms with Crippen molar-refractivity contribution in [2.45, 2.75) is 48.7 Å². The Morgan fingerprint density at radius 2 is 1.53 bits per heavy atom. The molecule has 198 valence electrons. The van der Waals surface area contributed by atoms with Crippen LogP contribution in [0.4, 0.5) is 15.8 Å². The number of anilines is 2. The number of nitrogens with zero attached hydrogens (tertiary/aromatic N) is 2. The van der Waals surface area contributed by atoms with Gasteiger partial charge in [0.2, 0.25) is 0 Å². The first-order chi connectivity index (χ1) is 16.9. The summed E-state index contributed by atoms with van der Waals surface area (Å²) in [4.78, 5) is 4.27. The van der Waals surface area contributed by atoms with Crippen LogP contribution in [0.1, 0.15) is 26.7 Å². The lowest BCUT2D eigenvalue weighted by molar-refractivity contribution is -0.0720. The van der Waals surface area contributed by atoms with Crippen molar-refractivity contribution < 1.29 is 26.0 Å². The van der Waals surface area contributed by atoms with Gasteiger partial charge in [0.1, 0.15) is 5.82 Å². The summed E-state index contributed by atoms with van der Waals surface area (Å²) < 4.78 is 72.7. The third kappa shape index (κ3) is 6.37. The molecule has 36 heavy (non-hydrogen) atoms. The molecule has 2 aliphatic rings. The molecule has 2 saturated heterocycles. The minimum Gasteiger partial charge on any atom is -0.373 e. The van der Waals surface area contributed by atoms with Crippen LogP contribution in [0.5, 0.6) is 0 Å². The smallest absolute Gasteiger partial charge is 0.261 e. The van der Waals surface area contributed by atoms with Crippen molar-refractivity contribution in [3.05, 3.63) is 48.3 Å². The molecule has 2 aromatic carbocycles. The molecule has 8 nitrogen and oxygen atoms in total. The minimum atomic E-state index is -4.05. The molecule has 2 atom stereocenters. The maximum Gasteiger partial charge on any atom is 0.261 e. The molecular weight excluding hydrogens is 505 g/mol. The zero-order chi connectivity index (χ0) is 26.1. The van der Waals surface area contributed by atoms with E-state index >= 15 is 0 Å². The Hall–Kier alpha value is -2.21. The number of morpholine rings is 1. The van der Waals surface area contributed by atoms with Crippen LogP contribution < -0.4 is 9.62 Å². The summed E-state index contributed by atoms with van der Waals surface area (Å²) in [6, 6.07) is 9.30. The topological polar surface area (TPSA) is 96.0 Å². The summed E-state index contributed by atoms with van der Waals surface area (Å²) in [7, 11) is -7.50. The molecule has 1 N–H and O–H groups in total. The molecule has 0 saturated carbocycles. The highest BCUT2D eigenvalue weighted by Crippen LogP contribution is 2.34. The van der Waals surface area contributed by atoms with E-state index in [0.29, 0.717) is 19.0 Å². The maximum atomic E-state index is 15.0. The standard InChI is InChI=1S/C25H34FN3O5S2/c1-18-15-28(16-19(2)34-18)17-20-11-13-29(14-12-20)25-23(26)5-4-6-24(25)27-36(32,33)22-9-7-21(8-10-22)35(3,30)31/h4-10,18-20,27H,11-17H2,1-3H3/t18-,19+. The van der Waals surface area contributed by atoms with Gasteiger partial charge in [-0.2, -0.15) is 0 Å². The summed E-state index contributed by atoms with van der Waals surface area (Å²) in [5, 5.41) is 0. The number of sulfonamides is 1. The van der Waals surface area contributed by atoms with Gasteiger partial charge < -0.3 is 9.64 Å². The van der Waals surface area contributed by atoms with E-state index in [2.05, 4.69) is 23.5 Å². The molecule has 0 unspecified atom stereocenters. The highest BCUT2D eigenvalue weighted by molar-refractivity contribution is 7.92. The molecule has 2 aromatic rings. The number of piperidine rings is 1. The number of benzene rings is 2. The van der Waals surface area contributed by atoms with E-state index in [4.69, 9.17) is 4.74 Å². The number of rotatable bonds is 7. The molecule has 2 heterocycles. The maximum absolute atomic E-state index is 15.0. The van der Waals surface area contributed by atoms with Gasteiger partial charge in [0.05, 0.1) is 33.4 Å². The molecule has 4 rings (SSSR count). The zero-order valence-electron chi connectivity index (χ0n) is 20.9. The second-order valence-corrected chi connectivity index (χ2v) is 13.6. The third-order valence-corrected chi connectivity index (χ3v) is 9.25. The van der Waals surface area contributed by atoms with Gasteiger partial charge in [-0.1, -0.05) is 6.07 Å². The largest absolute Gasteiger partial charge is 0.373 e. The summed E-state index contributed by atoms with van der Waals surface area (Å²) in [6.07, 6.45) is 3.25. The predicted octanol–water partition coefficient (Wildman–Crippen LogP) is 3.36. The molecule has 0 aromatic heterocycles. The number of nitrogens with one attached hydrogen (secondary N) is 1. The van der Waals surface area contributed by atoms with Crippen molar-refractivity contribution in [1.82, 2.24) is 4.90 Å². The summed E-state index contributed by atoms with van der Waals surface area (Å²) in [5.41, 5.74) is 0.400. The highest BCUT2D eigenvalue weighted by atomic mass is 32.2. The van der Waals surface area contributed by atoms with Gasteiger partial charge in [-0.05, 0) is 69.0 Å². The van der Waals surface area contributed by atoms with Gasteiger partial charge in [-0.3, -0.25) is 9.62 Å². The van der Waals surface area contributed by atoms with Crippen molar-refractivity contribution in [3.63, 3.8) is 0 Å². The van der Waals surface area contributed by atoms with E-state index in [1.54, 1.807) is 6.07 Å². The van der Waals surface area contributed by atoms with Crippen molar-refractivity contribution in [2.24, 2.45) is 5.92 Å². The monoisotopic (exact) mass is 539 g/mol. The Labute approximate surface area is 213 Å². The first-order valence-corrected chi connectivity index (χ1v) is 15.5. The van der Waals surface area contributed by atoms with Crippen LogP contribution >= 0.6 is 0 Å². The average Bonchev–Trinajstić information content (AvgIpc) is 2.79. The Morgan fingerprint density at radius 3 is 2.11 bits per heavy atom. The molecule has 0 radical (unpaired) electrons. The van der Waals surface area contributed by atoms with Gasteiger partial charge in [0, 0.05) is 39.0 Å². The zero-order valence-corrected chi connectivity index (χ0v) is 22.5. The lowest BCUT2D eigenvalue weighted by atomic mass is 9.95. The Kier molecular flexibility index (Phi) is 7.94. The van der Waals surface area contributed by atoms with Crippen LogP contribution in [0.2, 0.25) is 0 Å². The number of halogens is 1. The molecule has 11 heteroatoms. The van der Waals surface area contributed by atoms with E-state index in [-0.39, 0.29) is 33.4 Å². The van der Waals surface area contributed by atoms with Gasteiger partial charge >= 0.3 is 0 Å². The van der Waals surface area contributed by atoms with Crippen LogP contribution in [-0.4, -0.2) is 72.9 Å². The molecule has 0 amide bonds. The molecule has 0 bridgehead atoms. The van der Waals surface area contributed by atoms with Crippen molar-refractivity contribution in [3.8, 4) is 0 Å². The van der Waals surface area contributed by atoms with E-state index in [9.17, 15) is 21.2 Å². The van der Waals surface area contributed by atoms with E-state index < -0.39 is 25.7 Å². The second-order valence-electron chi connectivity index (χ2n) is 9.89. The van der Waals surface area contributed by atoms with Gasteiger partial charge in [-0.15, -0.1) is 0 Å². The Balaban J connectivity index is 1.46. The fourth-order valence-corrected chi connectivity index (χ4v) is 6.82. The van der Waals surface area contributed by atoms with E-state index in [1.807, 2.05) is 4.90 Å². The van der Waals surface area contributed by atoms with Gasteiger partial charge in [-0.25, -0.2) is 21.2 Å². The number of para-hydroxylation sites is 1. The van der Waals surface area contributed by atoms with Crippen LogP contribution in [0.3, 0.4) is 0 Å². The molecular formula is C25H34FN3O5S2. The quantitative estimate of drug-likeness (QED) is 0.577. The number of hydrogen-bond acceptors (Lipinski definition) is 7. The van der Waals surface area contributed by atoms with Crippen molar-refractivity contribution in [1.29, 1.82) is 0 Å². The first kappa shape index (κ1) is 26.8. The Bertz CT molecular complexity index is 1270. The molecule has 0 aliphatic carbocycles. The minimum absolute atomic E-state index is 0.0248. The fourth-order valence-electron chi connectivity index (χ4n) is 5.13. The number of hydrogen-bond donors (Lipinski definition) is 1.